The molecule has 1 saturated heterocycles. The number of hydrogen-bond acceptors (Lipinski definition) is 1. The van der Waals surface area contributed by atoms with Gasteiger partial charge in [-0.25, -0.2) is 8.78 Å². The summed E-state index contributed by atoms with van der Waals surface area (Å²) in [6, 6.07) is 7.57. The molecule has 0 aliphatic carbocycles. The van der Waals surface area contributed by atoms with Gasteiger partial charge in [0.15, 0.2) is 0 Å². The van der Waals surface area contributed by atoms with Gasteiger partial charge in [0.25, 0.3) is 5.92 Å². The van der Waals surface area contributed by atoms with Crippen LogP contribution in [0.4, 0.5) is 8.78 Å². The van der Waals surface area contributed by atoms with Gasteiger partial charge >= 0.3 is 0 Å². The molecule has 1 nitrogen and oxygen atoms in total. The number of rotatable bonds is 1. The second-order valence-electron chi connectivity index (χ2n) is 4.23. The molecule has 0 radical (unpaired) electrons. The molecule has 1 aromatic carbocycles. The van der Waals surface area contributed by atoms with Gasteiger partial charge in [0.1, 0.15) is 0 Å². The third-order valence-corrected chi connectivity index (χ3v) is 2.83. The largest absolute Gasteiger partial charge is 0.310 e. The molecule has 0 amide bonds. The normalized spacial score (nSPS) is 23.6. The van der Waals surface area contributed by atoms with Crippen molar-refractivity contribution in [1.82, 2.24) is 5.32 Å². The van der Waals surface area contributed by atoms with Gasteiger partial charge < -0.3 is 5.32 Å². The highest BCUT2D eigenvalue weighted by Crippen LogP contribution is 2.34. The average molecular weight is 248 g/mol. The topological polar surface area (TPSA) is 12.0 Å². The maximum absolute atomic E-state index is 13.2. The second kappa shape index (κ2) is 5.11. The molecule has 1 aliphatic rings. The summed E-state index contributed by atoms with van der Waals surface area (Å²) in [5, 5.41) is 3.14. The highest BCUT2D eigenvalue weighted by molar-refractivity contribution is 5.85. The minimum Gasteiger partial charge on any atom is -0.310 e. The zero-order valence-corrected chi connectivity index (χ0v) is 9.99. The van der Waals surface area contributed by atoms with Crippen molar-refractivity contribution in [2.45, 2.75) is 31.7 Å². The Morgan fingerprint density at radius 3 is 2.75 bits per heavy atom. The van der Waals surface area contributed by atoms with Crippen LogP contribution in [0.2, 0.25) is 0 Å². The maximum atomic E-state index is 13.2. The molecule has 0 spiro atoms. The summed E-state index contributed by atoms with van der Waals surface area (Å²) in [5.74, 6) is -2.51. The summed E-state index contributed by atoms with van der Waals surface area (Å²) in [4.78, 5) is 0. The van der Waals surface area contributed by atoms with Crippen molar-refractivity contribution < 1.29 is 8.78 Å². The van der Waals surface area contributed by atoms with Crippen LogP contribution in [0.15, 0.2) is 24.3 Å². The van der Waals surface area contributed by atoms with Gasteiger partial charge in [-0.15, -0.1) is 12.4 Å². The van der Waals surface area contributed by atoms with E-state index in [1.165, 1.54) is 0 Å². The van der Waals surface area contributed by atoms with Gasteiger partial charge in [0.2, 0.25) is 0 Å². The van der Waals surface area contributed by atoms with Gasteiger partial charge in [0, 0.05) is 25.4 Å². The minimum absolute atomic E-state index is 0. The van der Waals surface area contributed by atoms with E-state index in [2.05, 4.69) is 5.32 Å². The quantitative estimate of drug-likeness (QED) is 0.801. The molecule has 0 saturated carbocycles. The maximum Gasteiger partial charge on any atom is 0.251 e. The fourth-order valence-electron chi connectivity index (χ4n) is 2.02. The third kappa shape index (κ3) is 3.16. The van der Waals surface area contributed by atoms with Crippen molar-refractivity contribution in [3.63, 3.8) is 0 Å². The van der Waals surface area contributed by atoms with E-state index in [1.54, 1.807) is 0 Å². The molecule has 1 aromatic rings. The van der Waals surface area contributed by atoms with Crippen LogP contribution in [0.25, 0.3) is 0 Å². The van der Waals surface area contributed by atoms with Gasteiger partial charge in [-0.2, -0.15) is 0 Å². The van der Waals surface area contributed by atoms with Gasteiger partial charge in [0.05, 0.1) is 0 Å². The Kier molecular flexibility index (Phi) is 4.28. The Balaban J connectivity index is 0.00000128. The Bertz CT molecular complexity index is 355. The SMILES string of the molecule is Cc1cccc(C2CC(F)(F)CCN2)c1.Cl. The Labute approximate surface area is 101 Å². The summed E-state index contributed by atoms with van der Waals surface area (Å²) < 4.78 is 26.4. The first kappa shape index (κ1) is 13.4. The van der Waals surface area contributed by atoms with E-state index in [1.807, 2.05) is 31.2 Å². The van der Waals surface area contributed by atoms with Crippen molar-refractivity contribution >= 4 is 12.4 Å². The van der Waals surface area contributed by atoms with Crippen LogP contribution in [0.1, 0.15) is 30.0 Å². The Morgan fingerprint density at radius 2 is 2.12 bits per heavy atom. The van der Waals surface area contributed by atoms with E-state index in [-0.39, 0.29) is 31.3 Å². The molecule has 16 heavy (non-hydrogen) atoms. The predicted molar refractivity (Wildman–Crippen MR) is 63.4 cm³/mol. The average Bonchev–Trinajstić information content (AvgIpc) is 2.16. The van der Waals surface area contributed by atoms with E-state index in [4.69, 9.17) is 0 Å². The smallest absolute Gasteiger partial charge is 0.251 e. The third-order valence-electron chi connectivity index (χ3n) is 2.83. The number of nitrogens with one attached hydrogen (secondary N) is 1. The van der Waals surface area contributed by atoms with Crippen LogP contribution in [0.5, 0.6) is 0 Å². The molecule has 2 rings (SSSR count). The molecule has 1 atom stereocenters. The lowest BCUT2D eigenvalue weighted by atomic mass is 9.94. The number of benzene rings is 1. The Morgan fingerprint density at radius 1 is 1.38 bits per heavy atom. The predicted octanol–water partition coefficient (Wildman–Crippen LogP) is 3.48. The molecule has 1 fully saturated rings. The van der Waals surface area contributed by atoms with Crippen LogP contribution in [0.3, 0.4) is 0 Å². The van der Waals surface area contributed by atoms with E-state index in [9.17, 15) is 8.78 Å². The second-order valence-corrected chi connectivity index (χ2v) is 4.23. The summed E-state index contributed by atoms with van der Waals surface area (Å²) in [7, 11) is 0. The summed E-state index contributed by atoms with van der Waals surface area (Å²) in [6.07, 6.45) is -0.133. The lowest BCUT2D eigenvalue weighted by Gasteiger charge is -2.30. The summed E-state index contributed by atoms with van der Waals surface area (Å²) >= 11 is 0. The first-order chi connectivity index (χ1) is 7.07. The fraction of sp³-hybridized carbons (Fsp3) is 0.500. The molecule has 0 aromatic heterocycles. The number of piperidine rings is 1. The van der Waals surface area contributed by atoms with E-state index < -0.39 is 5.92 Å². The summed E-state index contributed by atoms with van der Waals surface area (Å²) in [6.45, 7) is 2.37. The van der Waals surface area contributed by atoms with Crippen LogP contribution in [-0.2, 0) is 0 Å². The molecule has 4 heteroatoms. The molecule has 1 aliphatic heterocycles. The van der Waals surface area contributed by atoms with Crippen LogP contribution in [0, 0.1) is 6.92 Å². The molecular formula is C12H16ClF2N. The lowest BCUT2D eigenvalue weighted by Crippen LogP contribution is -2.38. The minimum atomic E-state index is -2.51. The molecule has 90 valence electrons. The number of halogens is 3. The summed E-state index contributed by atoms with van der Waals surface area (Å²) in [5.41, 5.74) is 2.08. The van der Waals surface area contributed by atoms with Gasteiger partial charge in [-0.3, -0.25) is 0 Å². The highest BCUT2D eigenvalue weighted by atomic mass is 35.5. The van der Waals surface area contributed by atoms with Gasteiger partial charge in [-0.05, 0) is 12.5 Å². The molecule has 0 bridgehead atoms. The standard InChI is InChI=1S/C12H15F2N.ClH/c1-9-3-2-4-10(7-9)11-8-12(13,14)5-6-15-11;/h2-4,7,11,15H,5-6,8H2,1H3;1H. The van der Waals surface area contributed by atoms with Gasteiger partial charge in [-0.1, -0.05) is 29.8 Å². The number of alkyl halides is 2. The fourth-order valence-corrected chi connectivity index (χ4v) is 2.02. The van der Waals surface area contributed by atoms with Crippen LogP contribution < -0.4 is 5.32 Å². The molecule has 1 heterocycles. The van der Waals surface area contributed by atoms with Crippen LogP contribution in [-0.4, -0.2) is 12.5 Å². The zero-order chi connectivity index (χ0) is 10.9. The van der Waals surface area contributed by atoms with Crippen molar-refractivity contribution in [2.75, 3.05) is 6.54 Å². The molecule has 1 N–H and O–H groups in total. The zero-order valence-electron chi connectivity index (χ0n) is 9.17. The molecular weight excluding hydrogens is 232 g/mol. The highest BCUT2D eigenvalue weighted by Gasteiger charge is 2.36. The van der Waals surface area contributed by atoms with E-state index in [0.29, 0.717) is 6.54 Å². The first-order valence-electron chi connectivity index (χ1n) is 5.25. The monoisotopic (exact) mass is 247 g/mol. The molecule has 1 unspecified atom stereocenters. The van der Waals surface area contributed by atoms with Crippen molar-refractivity contribution in [1.29, 1.82) is 0 Å². The number of hydrogen-bond donors (Lipinski definition) is 1. The van der Waals surface area contributed by atoms with E-state index in [0.717, 1.165) is 11.1 Å². The lowest BCUT2D eigenvalue weighted by molar-refractivity contribution is -0.0415. The van der Waals surface area contributed by atoms with Crippen LogP contribution >= 0.6 is 12.4 Å². The first-order valence-corrected chi connectivity index (χ1v) is 5.25. The van der Waals surface area contributed by atoms with Crippen molar-refractivity contribution in [2.24, 2.45) is 0 Å². The van der Waals surface area contributed by atoms with Crippen molar-refractivity contribution in [3.8, 4) is 0 Å². The Hall–Kier alpha value is -0.670. The van der Waals surface area contributed by atoms with Crippen molar-refractivity contribution in [3.05, 3.63) is 35.4 Å². The number of aryl methyl sites for hydroxylation is 1. The van der Waals surface area contributed by atoms with E-state index >= 15 is 0 Å².